The second kappa shape index (κ2) is 6.72. The van der Waals surface area contributed by atoms with Crippen molar-refractivity contribution in [2.45, 2.75) is 13.0 Å². The Labute approximate surface area is 129 Å². The highest BCUT2D eigenvalue weighted by Crippen LogP contribution is 2.29. The van der Waals surface area contributed by atoms with Crippen LogP contribution >= 0.6 is 31.9 Å². The molecule has 19 heavy (non-hydrogen) atoms. The third kappa shape index (κ3) is 3.94. The highest BCUT2D eigenvalue weighted by Gasteiger charge is 2.24. The molecule has 0 spiro atoms. The minimum absolute atomic E-state index is 0.00174. The third-order valence-corrected chi connectivity index (χ3v) is 3.98. The van der Waals surface area contributed by atoms with Crippen molar-refractivity contribution in [3.8, 4) is 5.75 Å². The van der Waals surface area contributed by atoms with Crippen LogP contribution in [0.2, 0.25) is 0 Å². The normalized spacial score (nSPS) is 17.1. The number of hydrogen-bond donors (Lipinski definition) is 0. The SMILES string of the molecule is C[C@@H](Oc1ccc(Br)cc1Br)C(=O)N1CCOCC1. The van der Waals surface area contributed by atoms with Gasteiger partial charge in [0.05, 0.1) is 17.7 Å². The molecule has 1 atom stereocenters. The van der Waals surface area contributed by atoms with Crippen LogP contribution in [0.5, 0.6) is 5.75 Å². The first-order valence-electron chi connectivity index (χ1n) is 6.06. The van der Waals surface area contributed by atoms with E-state index >= 15 is 0 Å². The van der Waals surface area contributed by atoms with Gasteiger partial charge < -0.3 is 14.4 Å². The molecule has 0 N–H and O–H groups in total. The fourth-order valence-electron chi connectivity index (χ4n) is 1.85. The molecule has 1 aromatic carbocycles. The molecule has 1 aromatic rings. The van der Waals surface area contributed by atoms with Crippen LogP contribution in [0, 0.1) is 0 Å². The van der Waals surface area contributed by atoms with E-state index in [1.807, 2.05) is 18.2 Å². The van der Waals surface area contributed by atoms with E-state index in [2.05, 4.69) is 31.9 Å². The molecule has 4 nitrogen and oxygen atoms in total. The predicted molar refractivity (Wildman–Crippen MR) is 79.3 cm³/mol. The lowest BCUT2D eigenvalue weighted by Gasteiger charge is -2.29. The lowest BCUT2D eigenvalue weighted by atomic mass is 10.3. The van der Waals surface area contributed by atoms with Gasteiger partial charge in [0.25, 0.3) is 5.91 Å². The summed E-state index contributed by atoms with van der Waals surface area (Å²) < 4.78 is 12.7. The number of nitrogens with zero attached hydrogens (tertiary/aromatic N) is 1. The van der Waals surface area contributed by atoms with Crippen LogP contribution in [0.25, 0.3) is 0 Å². The molecule has 6 heteroatoms. The zero-order chi connectivity index (χ0) is 13.8. The molecule has 0 unspecified atom stereocenters. The van der Waals surface area contributed by atoms with Gasteiger partial charge in [-0.25, -0.2) is 0 Å². The van der Waals surface area contributed by atoms with Gasteiger partial charge in [-0.1, -0.05) is 15.9 Å². The minimum atomic E-state index is -0.504. The summed E-state index contributed by atoms with van der Waals surface area (Å²) in [5.41, 5.74) is 0. The Hall–Kier alpha value is -0.590. The maximum absolute atomic E-state index is 12.2. The first kappa shape index (κ1) is 14.8. The van der Waals surface area contributed by atoms with Crippen molar-refractivity contribution < 1.29 is 14.3 Å². The van der Waals surface area contributed by atoms with E-state index < -0.39 is 6.10 Å². The Balaban J connectivity index is 1.99. The molecule has 0 aliphatic carbocycles. The van der Waals surface area contributed by atoms with Crippen molar-refractivity contribution in [2.24, 2.45) is 0 Å². The van der Waals surface area contributed by atoms with E-state index in [1.54, 1.807) is 11.8 Å². The van der Waals surface area contributed by atoms with E-state index in [-0.39, 0.29) is 5.91 Å². The summed E-state index contributed by atoms with van der Waals surface area (Å²) in [5, 5.41) is 0. The molecule has 2 rings (SSSR count). The van der Waals surface area contributed by atoms with Gasteiger partial charge in [0.15, 0.2) is 6.10 Å². The maximum Gasteiger partial charge on any atom is 0.263 e. The van der Waals surface area contributed by atoms with Gasteiger partial charge in [-0.3, -0.25) is 4.79 Å². The average Bonchev–Trinajstić information content (AvgIpc) is 2.42. The summed E-state index contributed by atoms with van der Waals surface area (Å²) in [6.07, 6.45) is -0.504. The van der Waals surface area contributed by atoms with Crippen LogP contribution < -0.4 is 4.74 Å². The Morgan fingerprint density at radius 3 is 2.68 bits per heavy atom. The van der Waals surface area contributed by atoms with Crippen molar-refractivity contribution in [2.75, 3.05) is 26.3 Å². The molecule has 1 saturated heterocycles. The van der Waals surface area contributed by atoms with Crippen LogP contribution in [-0.4, -0.2) is 43.2 Å². The second-order valence-corrected chi connectivity index (χ2v) is 6.04. The van der Waals surface area contributed by atoms with Gasteiger partial charge in [-0.2, -0.15) is 0 Å². The highest BCUT2D eigenvalue weighted by atomic mass is 79.9. The standard InChI is InChI=1S/C13H15Br2NO3/c1-9(13(17)16-4-6-18-7-5-16)19-12-3-2-10(14)8-11(12)15/h2-3,8-9H,4-7H2,1H3/t9-/m1/s1. The smallest absolute Gasteiger partial charge is 0.263 e. The molecule has 1 amide bonds. The zero-order valence-electron chi connectivity index (χ0n) is 10.6. The number of carbonyl (C=O) groups is 1. The molecular weight excluding hydrogens is 378 g/mol. The minimum Gasteiger partial charge on any atom is -0.480 e. The van der Waals surface area contributed by atoms with E-state index in [0.29, 0.717) is 32.1 Å². The third-order valence-electron chi connectivity index (χ3n) is 2.87. The molecular formula is C13H15Br2NO3. The Bertz CT molecular complexity index is 461. The molecule has 0 radical (unpaired) electrons. The summed E-state index contributed by atoms with van der Waals surface area (Å²) in [6, 6.07) is 5.60. The fraction of sp³-hybridized carbons (Fsp3) is 0.462. The fourth-order valence-corrected chi connectivity index (χ4v) is 2.99. The maximum atomic E-state index is 12.2. The Morgan fingerprint density at radius 2 is 2.05 bits per heavy atom. The van der Waals surface area contributed by atoms with E-state index in [4.69, 9.17) is 9.47 Å². The van der Waals surface area contributed by atoms with Crippen molar-refractivity contribution in [3.63, 3.8) is 0 Å². The van der Waals surface area contributed by atoms with Crippen molar-refractivity contribution in [1.29, 1.82) is 0 Å². The van der Waals surface area contributed by atoms with E-state index in [1.165, 1.54) is 0 Å². The molecule has 1 heterocycles. The van der Waals surface area contributed by atoms with E-state index in [0.717, 1.165) is 8.95 Å². The molecule has 0 saturated carbocycles. The number of amides is 1. The molecule has 0 bridgehead atoms. The van der Waals surface area contributed by atoms with Gasteiger partial charge in [0, 0.05) is 17.6 Å². The first-order valence-corrected chi connectivity index (χ1v) is 7.65. The molecule has 1 fully saturated rings. The molecule has 0 aromatic heterocycles. The van der Waals surface area contributed by atoms with Gasteiger partial charge in [0.2, 0.25) is 0 Å². The number of ether oxygens (including phenoxy) is 2. The van der Waals surface area contributed by atoms with Crippen LogP contribution in [0.4, 0.5) is 0 Å². The number of benzene rings is 1. The summed E-state index contributed by atoms with van der Waals surface area (Å²) in [7, 11) is 0. The van der Waals surface area contributed by atoms with E-state index in [9.17, 15) is 4.79 Å². The van der Waals surface area contributed by atoms with Crippen LogP contribution in [0.1, 0.15) is 6.92 Å². The number of halogens is 2. The van der Waals surface area contributed by atoms with Crippen molar-refractivity contribution in [1.82, 2.24) is 4.90 Å². The summed E-state index contributed by atoms with van der Waals surface area (Å²) in [4.78, 5) is 14.0. The monoisotopic (exact) mass is 391 g/mol. The van der Waals surface area contributed by atoms with Crippen molar-refractivity contribution >= 4 is 37.8 Å². The topological polar surface area (TPSA) is 38.8 Å². The quantitative estimate of drug-likeness (QED) is 0.793. The number of hydrogen-bond acceptors (Lipinski definition) is 3. The molecule has 1 aliphatic heterocycles. The van der Waals surface area contributed by atoms with Gasteiger partial charge >= 0.3 is 0 Å². The van der Waals surface area contributed by atoms with Gasteiger partial charge in [0.1, 0.15) is 5.75 Å². The summed E-state index contributed by atoms with van der Waals surface area (Å²) in [6.45, 7) is 4.23. The van der Waals surface area contributed by atoms with Gasteiger partial charge in [-0.15, -0.1) is 0 Å². The lowest BCUT2D eigenvalue weighted by Crippen LogP contribution is -2.46. The Morgan fingerprint density at radius 1 is 1.37 bits per heavy atom. The molecule has 1 aliphatic rings. The predicted octanol–water partition coefficient (Wildman–Crippen LogP) is 2.84. The number of morpholine rings is 1. The highest BCUT2D eigenvalue weighted by molar-refractivity contribution is 9.11. The van der Waals surface area contributed by atoms with Crippen molar-refractivity contribution in [3.05, 3.63) is 27.1 Å². The van der Waals surface area contributed by atoms with Gasteiger partial charge in [-0.05, 0) is 41.1 Å². The summed E-state index contributed by atoms with van der Waals surface area (Å²) in [5.74, 6) is 0.662. The summed E-state index contributed by atoms with van der Waals surface area (Å²) >= 11 is 6.80. The second-order valence-electron chi connectivity index (χ2n) is 4.27. The van der Waals surface area contributed by atoms with Crippen LogP contribution in [0.3, 0.4) is 0 Å². The van der Waals surface area contributed by atoms with Crippen LogP contribution in [0.15, 0.2) is 27.1 Å². The molecule has 104 valence electrons. The van der Waals surface area contributed by atoms with Crippen LogP contribution in [-0.2, 0) is 9.53 Å². The average molecular weight is 393 g/mol. The number of rotatable bonds is 3. The number of carbonyl (C=O) groups excluding carboxylic acids is 1. The largest absolute Gasteiger partial charge is 0.480 e. The zero-order valence-corrected chi connectivity index (χ0v) is 13.7. The Kier molecular flexibility index (Phi) is 5.24. The lowest BCUT2D eigenvalue weighted by molar-refractivity contribution is -0.142. The first-order chi connectivity index (χ1) is 9.08.